The summed E-state index contributed by atoms with van der Waals surface area (Å²) in [5, 5.41) is 5.67. The highest BCUT2D eigenvalue weighted by atomic mass is 32.2. The van der Waals surface area contributed by atoms with Gasteiger partial charge in [-0.15, -0.1) is 11.8 Å². The van der Waals surface area contributed by atoms with Crippen LogP contribution in [0.5, 0.6) is 0 Å². The zero-order valence-corrected chi connectivity index (χ0v) is 36.2. The van der Waals surface area contributed by atoms with Crippen molar-refractivity contribution in [1.29, 1.82) is 0 Å². The molecule has 0 fully saturated rings. The molecule has 2 heterocycles. The average molecular weight is 797 g/mol. The molecule has 296 valence electrons. The Balaban J connectivity index is 0.894. The largest absolute Gasteiger partial charge is 0.360 e. The van der Waals surface area contributed by atoms with Crippen molar-refractivity contribution >= 4 is 62.0 Å². The Labute approximate surface area is 359 Å². The highest BCUT2D eigenvalue weighted by molar-refractivity contribution is 8.00. The summed E-state index contributed by atoms with van der Waals surface area (Å²) in [6.07, 6.45) is 10.6. The zero-order valence-electron chi connectivity index (χ0n) is 35.4. The first-order chi connectivity index (χ1) is 29.3. The second-order valence-corrected chi connectivity index (χ2v) is 19.2. The van der Waals surface area contributed by atoms with Crippen molar-refractivity contribution in [1.82, 2.24) is 0 Å². The lowest BCUT2D eigenvalue weighted by Gasteiger charge is -2.34. The van der Waals surface area contributed by atoms with Gasteiger partial charge in [0.1, 0.15) is 0 Å². The quantitative estimate of drug-likeness (QED) is 0.149. The molecule has 0 saturated carbocycles. The van der Waals surface area contributed by atoms with Crippen molar-refractivity contribution < 1.29 is 0 Å². The highest BCUT2D eigenvalue weighted by Gasteiger charge is 2.39. The van der Waals surface area contributed by atoms with Gasteiger partial charge in [0.2, 0.25) is 0 Å². The summed E-state index contributed by atoms with van der Waals surface area (Å²) in [6.45, 7) is 9.56. The molecule has 60 heavy (non-hydrogen) atoms. The minimum Gasteiger partial charge on any atom is -0.360 e. The van der Waals surface area contributed by atoms with Gasteiger partial charge in [-0.25, -0.2) is 0 Å². The smallest absolute Gasteiger partial charge is 0.0945 e. The van der Waals surface area contributed by atoms with Gasteiger partial charge in [0.05, 0.1) is 17.4 Å². The Hall–Kier alpha value is -5.64. The van der Waals surface area contributed by atoms with Crippen molar-refractivity contribution in [2.45, 2.75) is 87.3 Å². The third-order valence-corrected chi connectivity index (χ3v) is 15.8. The summed E-state index contributed by atoms with van der Waals surface area (Å²) < 4.78 is 0. The van der Waals surface area contributed by atoms with E-state index in [1.54, 1.807) is 5.56 Å². The number of hydrogen-bond donors (Lipinski definition) is 0. The molecule has 3 unspecified atom stereocenters. The number of allylic oxidation sites excluding steroid dienone is 4. The number of hydrogen-bond acceptors (Lipinski definition) is 3. The van der Waals surface area contributed by atoms with Gasteiger partial charge in [0.15, 0.2) is 0 Å². The van der Waals surface area contributed by atoms with Crippen LogP contribution in [-0.2, 0) is 5.41 Å². The maximum atomic E-state index is 5.19. The van der Waals surface area contributed by atoms with Crippen LogP contribution in [0.3, 0.4) is 0 Å². The molecule has 4 aliphatic rings. The standard InChI is InChI=1S/C57H52N2S/c1-6-15-53-41(7-2)49-25-14-24-42(56(49)60-53)39-18-12-16-35(30-39)37-26-28-45-46-29-27-38(33-51(46)57(3,4)50(45)32-37)36-17-13-19-40(31-36)52-34-58-54-47-22-10-8-20-43(47)44-21-9-11-23-48(44)55(54)59(52)5/h8-14,16-25,27,29-34,41,52-53H,6-7,15,26,28H2,1-5H3. The second-order valence-electron chi connectivity index (χ2n) is 18.0. The molecule has 0 saturated heterocycles. The predicted molar refractivity (Wildman–Crippen MR) is 259 cm³/mol. The van der Waals surface area contributed by atoms with E-state index in [9.17, 15) is 0 Å². The summed E-state index contributed by atoms with van der Waals surface area (Å²) in [5.41, 5.74) is 19.0. The average Bonchev–Trinajstić information content (AvgIpc) is 3.76. The Morgan fingerprint density at radius 3 is 2.22 bits per heavy atom. The van der Waals surface area contributed by atoms with Crippen LogP contribution in [0.1, 0.15) is 99.6 Å². The van der Waals surface area contributed by atoms with Gasteiger partial charge in [-0.1, -0.05) is 155 Å². The monoisotopic (exact) mass is 796 g/mol. The SMILES string of the molecule is CCCC1Sc2c(-c3cccc(C4=CC5=C(CC4)c4ccc(-c6cccc(C7C=Nc8c(c9ccccc9c9ccccc89)N7C)c6)cc4C5(C)C)c3)cccc2C1CC. The van der Waals surface area contributed by atoms with E-state index >= 15 is 0 Å². The molecule has 0 N–H and O–H groups in total. The number of nitrogens with zero attached hydrogens (tertiary/aromatic N) is 2. The summed E-state index contributed by atoms with van der Waals surface area (Å²) in [7, 11) is 2.23. The van der Waals surface area contributed by atoms with Crippen LogP contribution in [0.25, 0.3) is 54.9 Å². The highest BCUT2D eigenvalue weighted by Crippen LogP contribution is 2.55. The van der Waals surface area contributed by atoms with Crippen LogP contribution in [-0.4, -0.2) is 18.5 Å². The second kappa shape index (κ2) is 14.5. The molecule has 0 bridgehead atoms. The van der Waals surface area contributed by atoms with Crippen LogP contribution in [0, 0.1) is 0 Å². The van der Waals surface area contributed by atoms with Gasteiger partial charge >= 0.3 is 0 Å². The number of thioether (sulfide) groups is 1. The lowest BCUT2D eigenvalue weighted by Crippen LogP contribution is -2.28. The molecule has 0 spiro atoms. The van der Waals surface area contributed by atoms with Crippen LogP contribution in [0.2, 0.25) is 0 Å². The van der Waals surface area contributed by atoms with E-state index in [-0.39, 0.29) is 11.5 Å². The fourth-order valence-electron chi connectivity index (χ4n) is 11.2. The van der Waals surface area contributed by atoms with Crippen LogP contribution >= 0.6 is 11.8 Å². The Morgan fingerprint density at radius 2 is 1.40 bits per heavy atom. The minimum absolute atomic E-state index is 0.0247. The van der Waals surface area contributed by atoms with E-state index in [1.165, 1.54) is 113 Å². The first kappa shape index (κ1) is 37.4. The number of fused-ring (bicyclic) bond motifs is 9. The summed E-state index contributed by atoms with van der Waals surface area (Å²) in [5.74, 6) is 0.656. The van der Waals surface area contributed by atoms with Crippen molar-refractivity contribution in [2.24, 2.45) is 4.99 Å². The molecular formula is C57H52N2S. The van der Waals surface area contributed by atoms with Gasteiger partial charge < -0.3 is 4.90 Å². The van der Waals surface area contributed by atoms with Gasteiger partial charge in [-0.05, 0) is 127 Å². The molecular weight excluding hydrogens is 745 g/mol. The van der Waals surface area contributed by atoms with E-state index in [0.717, 1.165) is 18.5 Å². The fourth-order valence-corrected chi connectivity index (χ4v) is 13.0. The third-order valence-electron chi connectivity index (χ3n) is 14.3. The molecule has 3 heteroatoms. The third kappa shape index (κ3) is 5.80. The number of benzene rings is 7. The van der Waals surface area contributed by atoms with Gasteiger partial charge in [0.25, 0.3) is 0 Å². The molecule has 2 aliphatic heterocycles. The van der Waals surface area contributed by atoms with Crippen molar-refractivity contribution in [3.8, 4) is 22.3 Å². The van der Waals surface area contributed by atoms with E-state index in [4.69, 9.17) is 4.99 Å². The summed E-state index contributed by atoms with van der Waals surface area (Å²) in [6, 6.07) is 50.3. The van der Waals surface area contributed by atoms with E-state index in [1.807, 2.05) is 0 Å². The molecule has 7 aromatic carbocycles. The van der Waals surface area contributed by atoms with E-state index in [0.29, 0.717) is 11.2 Å². The van der Waals surface area contributed by atoms with Gasteiger partial charge in [-0.2, -0.15) is 0 Å². The number of anilines is 1. The number of rotatable bonds is 7. The Morgan fingerprint density at radius 1 is 0.683 bits per heavy atom. The maximum Gasteiger partial charge on any atom is 0.0945 e. The van der Waals surface area contributed by atoms with Gasteiger partial charge in [0, 0.05) is 39.6 Å². The molecule has 7 aromatic rings. The van der Waals surface area contributed by atoms with E-state index in [2.05, 4.69) is 197 Å². The molecule has 2 aliphatic carbocycles. The molecule has 0 amide bonds. The van der Waals surface area contributed by atoms with Crippen LogP contribution in [0.15, 0.2) is 155 Å². The summed E-state index contributed by atoms with van der Waals surface area (Å²) >= 11 is 2.14. The van der Waals surface area contributed by atoms with Crippen molar-refractivity contribution in [2.75, 3.05) is 11.9 Å². The van der Waals surface area contributed by atoms with Crippen LogP contribution < -0.4 is 4.90 Å². The van der Waals surface area contributed by atoms with E-state index < -0.39 is 0 Å². The Kier molecular flexibility index (Phi) is 9.05. The maximum absolute atomic E-state index is 5.19. The van der Waals surface area contributed by atoms with Crippen molar-refractivity contribution in [3.05, 3.63) is 173 Å². The number of aliphatic imine (C=N–C) groups is 1. The van der Waals surface area contributed by atoms with Crippen molar-refractivity contribution in [3.63, 3.8) is 0 Å². The first-order valence-electron chi connectivity index (χ1n) is 22.1. The molecule has 2 nitrogen and oxygen atoms in total. The minimum atomic E-state index is -0.0916. The topological polar surface area (TPSA) is 15.6 Å². The van der Waals surface area contributed by atoms with Gasteiger partial charge in [-0.3, -0.25) is 4.99 Å². The first-order valence-corrected chi connectivity index (χ1v) is 23.0. The molecule has 11 rings (SSSR count). The molecule has 0 aromatic heterocycles. The lowest BCUT2D eigenvalue weighted by atomic mass is 9.77. The fraction of sp³-hybridized carbons (Fsp3) is 0.246. The molecule has 3 atom stereocenters. The molecule has 0 radical (unpaired) electrons. The Bertz CT molecular complexity index is 2980. The summed E-state index contributed by atoms with van der Waals surface area (Å²) in [4.78, 5) is 9.13. The lowest BCUT2D eigenvalue weighted by molar-refractivity contribution is 0.594. The normalized spacial score (nSPS) is 20.0. The zero-order chi connectivity index (χ0) is 40.7. The predicted octanol–water partition coefficient (Wildman–Crippen LogP) is 15.9. The van der Waals surface area contributed by atoms with Crippen LogP contribution in [0.4, 0.5) is 11.4 Å².